The summed E-state index contributed by atoms with van der Waals surface area (Å²) in [4.78, 5) is 32.8. The van der Waals surface area contributed by atoms with Crippen LogP contribution in [0.25, 0.3) is 11.2 Å². The second kappa shape index (κ2) is 7.46. The fourth-order valence-electron chi connectivity index (χ4n) is 2.32. The van der Waals surface area contributed by atoms with Gasteiger partial charge in [0, 0.05) is 0 Å². The molecule has 0 spiro atoms. The molecule has 3 heterocycles. The van der Waals surface area contributed by atoms with Gasteiger partial charge in [-0.1, -0.05) is 0 Å². The molecule has 0 bridgehead atoms. The first-order valence-electron chi connectivity index (χ1n) is 6.39. The molecule has 1 aliphatic heterocycles. The Morgan fingerprint density at radius 1 is 1.33 bits per heavy atom. The standard InChI is InChI=1S/C10H14N5O7P.Ca/c11-8-5-9(13-2-12-8)15(3-14-5)10-7(17)6(16)4(22-10)1-21-23(18,19)20;/h2-4,6-7,10,16-17H,1H2,(H2,11,12,13)(H2,18,19,20);/q;+2/p-2/t4-,6-,7-,10-;/m1./s1. The smallest absolute Gasteiger partial charge is 0.790 e. The molecule has 2 aromatic heterocycles. The predicted molar refractivity (Wildman–Crippen MR) is 75.0 cm³/mol. The van der Waals surface area contributed by atoms with Gasteiger partial charge >= 0.3 is 37.7 Å². The molecule has 1 fully saturated rings. The van der Waals surface area contributed by atoms with E-state index in [-0.39, 0.29) is 54.7 Å². The van der Waals surface area contributed by atoms with Crippen LogP contribution in [-0.4, -0.2) is 92.4 Å². The van der Waals surface area contributed by atoms with Crippen molar-refractivity contribution in [3.63, 3.8) is 0 Å². The maximum atomic E-state index is 10.5. The Morgan fingerprint density at radius 3 is 2.71 bits per heavy atom. The fraction of sp³-hybridized carbons (Fsp3) is 0.500. The number of rotatable bonds is 4. The molecule has 12 nitrogen and oxygen atoms in total. The number of aliphatic hydroxyl groups excluding tert-OH is 2. The molecule has 0 aromatic carbocycles. The van der Waals surface area contributed by atoms with Crippen molar-refractivity contribution in [2.24, 2.45) is 0 Å². The van der Waals surface area contributed by atoms with Gasteiger partial charge in [0.2, 0.25) is 0 Å². The Kier molecular flexibility index (Phi) is 6.19. The number of phosphoric ester groups is 1. The summed E-state index contributed by atoms with van der Waals surface area (Å²) in [5, 5.41) is 20.0. The van der Waals surface area contributed by atoms with E-state index in [0.29, 0.717) is 0 Å². The quantitative estimate of drug-likeness (QED) is 0.349. The average Bonchev–Trinajstić information content (AvgIpc) is 3.01. The van der Waals surface area contributed by atoms with Gasteiger partial charge < -0.3 is 39.6 Å². The molecule has 0 amide bonds. The summed E-state index contributed by atoms with van der Waals surface area (Å²) in [6, 6.07) is 0. The van der Waals surface area contributed by atoms with E-state index in [1.54, 1.807) is 0 Å². The van der Waals surface area contributed by atoms with Crippen molar-refractivity contribution >= 4 is 62.5 Å². The maximum absolute atomic E-state index is 10.5. The van der Waals surface area contributed by atoms with Gasteiger partial charge in [-0.2, -0.15) is 0 Å². The van der Waals surface area contributed by atoms with Gasteiger partial charge in [-0.25, -0.2) is 15.0 Å². The number of aliphatic hydroxyl groups is 2. The summed E-state index contributed by atoms with van der Waals surface area (Å²) in [6.07, 6.45) is -2.75. The average molecular weight is 385 g/mol. The Balaban J connectivity index is 0.00000208. The van der Waals surface area contributed by atoms with E-state index >= 15 is 0 Å². The van der Waals surface area contributed by atoms with Crippen LogP contribution in [0.15, 0.2) is 12.7 Å². The summed E-state index contributed by atoms with van der Waals surface area (Å²) in [6.45, 7) is -0.719. The topological polar surface area (TPSA) is 192 Å². The van der Waals surface area contributed by atoms with E-state index in [9.17, 15) is 24.6 Å². The van der Waals surface area contributed by atoms with Gasteiger partial charge in [-0.05, 0) is 0 Å². The zero-order chi connectivity index (χ0) is 16.8. The van der Waals surface area contributed by atoms with E-state index < -0.39 is 39.0 Å². The molecule has 2 aromatic rings. The Morgan fingerprint density at radius 2 is 2.04 bits per heavy atom. The number of anilines is 1. The van der Waals surface area contributed by atoms with E-state index in [1.165, 1.54) is 17.2 Å². The first kappa shape index (κ1) is 19.9. The van der Waals surface area contributed by atoms with Gasteiger partial charge in [-0.15, -0.1) is 0 Å². The number of hydrogen-bond acceptors (Lipinski definition) is 11. The van der Waals surface area contributed by atoms with E-state index in [1.807, 2.05) is 0 Å². The van der Waals surface area contributed by atoms with Gasteiger partial charge in [0.1, 0.15) is 30.2 Å². The number of aromatic nitrogens is 4. The van der Waals surface area contributed by atoms with Crippen LogP contribution < -0.4 is 15.5 Å². The summed E-state index contributed by atoms with van der Waals surface area (Å²) >= 11 is 0. The van der Waals surface area contributed by atoms with E-state index in [2.05, 4.69) is 19.5 Å². The summed E-state index contributed by atoms with van der Waals surface area (Å²) in [5.74, 6) is 0.125. The van der Waals surface area contributed by atoms with Gasteiger partial charge in [0.05, 0.1) is 20.8 Å². The number of imidazole rings is 1. The Hall–Kier alpha value is -0.400. The third-order valence-corrected chi connectivity index (χ3v) is 3.86. The molecule has 4 atom stereocenters. The van der Waals surface area contributed by atoms with E-state index in [4.69, 9.17) is 10.5 Å². The largest absolute Gasteiger partial charge is 2.00 e. The van der Waals surface area contributed by atoms with Crippen molar-refractivity contribution in [1.82, 2.24) is 19.5 Å². The summed E-state index contributed by atoms with van der Waals surface area (Å²) in [7, 11) is -5.22. The Labute approximate surface area is 164 Å². The van der Waals surface area contributed by atoms with Crippen LogP contribution >= 0.6 is 7.82 Å². The second-order valence-corrected chi connectivity index (χ2v) is 6.02. The molecule has 0 saturated carbocycles. The van der Waals surface area contributed by atoms with Crippen molar-refractivity contribution < 1.29 is 33.8 Å². The molecule has 126 valence electrons. The Bertz CT molecular complexity index is 769. The monoisotopic (exact) mass is 385 g/mol. The third kappa shape index (κ3) is 3.88. The van der Waals surface area contributed by atoms with Gasteiger partial charge in [-0.3, -0.25) is 4.57 Å². The summed E-state index contributed by atoms with van der Waals surface area (Å²) < 4.78 is 21.3. The maximum Gasteiger partial charge on any atom is 2.00 e. The predicted octanol–water partition coefficient (Wildman–Crippen LogP) is -3.51. The zero-order valence-corrected chi connectivity index (χ0v) is 15.2. The number of ether oxygens (including phenoxy) is 1. The van der Waals surface area contributed by atoms with Crippen LogP contribution in [0.1, 0.15) is 6.23 Å². The number of nitrogens with zero attached hydrogens (tertiary/aromatic N) is 4. The summed E-state index contributed by atoms with van der Waals surface area (Å²) in [5.41, 5.74) is 6.19. The molecule has 0 radical (unpaired) electrons. The zero-order valence-electron chi connectivity index (χ0n) is 12.1. The van der Waals surface area contributed by atoms with Crippen LogP contribution in [-0.2, 0) is 13.8 Å². The fourth-order valence-corrected chi connectivity index (χ4v) is 2.65. The van der Waals surface area contributed by atoms with Gasteiger partial charge in [0.25, 0.3) is 0 Å². The second-order valence-electron chi connectivity index (χ2n) is 4.87. The molecule has 1 aliphatic rings. The van der Waals surface area contributed by atoms with Crippen LogP contribution in [0.2, 0.25) is 0 Å². The van der Waals surface area contributed by atoms with Crippen molar-refractivity contribution in [2.75, 3.05) is 12.3 Å². The molecule has 4 N–H and O–H groups in total. The normalized spacial score (nSPS) is 27.3. The number of hydrogen-bond donors (Lipinski definition) is 3. The van der Waals surface area contributed by atoms with Crippen LogP contribution in [0, 0.1) is 0 Å². The molecule has 1 saturated heterocycles. The molecule has 0 aliphatic carbocycles. The van der Waals surface area contributed by atoms with Crippen LogP contribution in [0.4, 0.5) is 5.82 Å². The minimum Gasteiger partial charge on any atom is -0.790 e. The molecular formula is C10H12CaN5O7P. The number of nitrogen functional groups attached to an aromatic ring is 1. The van der Waals surface area contributed by atoms with Crippen LogP contribution in [0.5, 0.6) is 0 Å². The molecule has 0 unspecified atom stereocenters. The van der Waals surface area contributed by atoms with Crippen LogP contribution in [0.3, 0.4) is 0 Å². The minimum absolute atomic E-state index is 0. The van der Waals surface area contributed by atoms with Crippen molar-refractivity contribution in [1.29, 1.82) is 0 Å². The van der Waals surface area contributed by atoms with Crippen molar-refractivity contribution in [2.45, 2.75) is 24.5 Å². The van der Waals surface area contributed by atoms with Crippen molar-refractivity contribution in [3.05, 3.63) is 12.7 Å². The van der Waals surface area contributed by atoms with E-state index in [0.717, 1.165) is 0 Å². The molecule has 3 rings (SSSR count). The third-order valence-electron chi connectivity index (χ3n) is 3.40. The minimum atomic E-state index is -5.22. The molecule has 24 heavy (non-hydrogen) atoms. The first-order chi connectivity index (χ1) is 10.8. The van der Waals surface area contributed by atoms with Crippen molar-refractivity contribution in [3.8, 4) is 0 Å². The number of fused-ring (bicyclic) bond motifs is 1. The number of nitrogens with two attached hydrogens (primary N) is 1. The van der Waals surface area contributed by atoms with Gasteiger partial charge in [0.15, 0.2) is 17.7 Å². The number of phosphoric acid groups is 1. The SMILES string of the molecule is Nc1ncnc2c1ncn2[C@@H]1O[C@H](COP(=O)([O-])[O-])[C@@H](O)[C@H]1O.[Ca+2]. The first-order valence-corrected chi connectivity index (χ1v) is 7.85. The molecule has 14 heteroatoms. The molecular weight excluding hydrogens is 373 g/mol.